The topological polar surface area (TPSA) is 35.0 Å². The molecule has 0 saturated carbocycles. The van der Waals surface area contributed by atoms with Gasteiger partial charge in [0, 0.05) is 5.56 Å². The van der Waals surface area contributed by atoms with E-state index in [9.17, 15) is 0 Å². The molecule has 0 bridgehead atoms. The molecule has 0 atom stereocenters. The number of unbranched alkanes of at least 4 members (excludes halogenated alkanes) is 9. The van der Waals surface area contributed by atoms with Crippen LogP contribution >= 0.6 is 0 Å². The quantitative estimate of drug-likeness (QED) is 0.184. The summed E-state index contributed by atoms with van der Waals surface area (Å²) in [6, 6.07) is 17.5. The van der Waals surface area contributed by atoms with Crippen molar-refractivity contribution in [2.75, 3.05) is 0 Å². The SMILES string of the molecule is CCCCCCCCc1ccc(COc2cnc(-c3ccc(CCCCCCC)cc3)nc2)cc1. The zero-order valence-electron chi connectivity index (χ0n) is 22.0. The number of hydrogen-bond acceptors (Lipinski definition) is 3. The summed E-state index contributed by atoms with van der Waals surface area (Å²) >= 11 is 0. The molecule has 35 heavy (non-hydrogen) atoms. The highest BCUT2D eigenvalue weighted by Crippen LogP contribution is 2.19. The Kier molecular flexibility index (Phi) is 12.4. The molecule has 2 aromatic carbocycles. The van der Waals surface area contributed by atoms with E-state index in [4.69, 9.17) is 4.74 Å². The van der Waals surface area contributed by atoms with E-state index in [1.165, 1.54) is 93.7 Å². The third kappa shape index (κ3) is 10.2. The van der Waals surface area contributed by atoms with E-state index in [2.05, 4.69) is 72.3 Å². The van der Waals surface area contributed by atoms with E-state index in [0.717, 1.165) is 17.8 Å². The van der Waals surface area contributed by atoms with Crippen LogP contribution in [0, 0.1) is 0 Å². The first-order chi connectivity index (χ1) is 17.3. The fourth-order valence-corrected chi connectivity index (χ4v) is 4.37. The molecular weight excluding hydrogens is 428 g/mol. The Morgan fingerprint density at radius 3 is 1.54 bits per heavy atom. The lowest BCUT2D eigenvalue weighted by atomic mass is 10.0. The lowest BCUT2D eigenvalue weighted by Crippen LogP contribution is -1.98. The molecule has 3 rings (SSSR count). The third-order valence-corrected chi connectivity index (χ3v) is 6.66. The Morgan fingerprint density at radius 2 is 1.00 bits per heavy atom. The zero-order valence-corrected chi connectivity index (χ0v) is 22.0. The monoisotopic (exact) mass is 472 g/mol. The Bertz CT molecular complexity index is 933. The molecule has 188 valence electrons. The van der Waals surface area contributed by atoms with Crippen LogP contribution in [0.15, 0.2) is 60.9 Å². The first-order valence-electron chi connectivity index (χ1n) is 13.9. The molecule has 0 amide bonds. The van der Waals surface area contributed by atoms with Crippen molar-refractivity contribution in [1.29, 1.82) is 0 Å². The van der Waals surface area contributed by atoms with Crippen LogP contribution in [-0.2, 0) is 19.4 Å². The molecular formula is C32H44N2O. The van der Waals surface area contributed by atoms with E-state index in [0.29, 0.717) is 12.4 Å². The number of hydrogen-bond donors (Lipinski definition) is 0. The lowest BCUT2D eigenvalue weighted by Gasteiger charge is -2.08. The number of nitrogens with zero attached hydrogens (tertiary/aromatic N) is 2. The van der Waals surface area contributed by atoms with Crippen molar-refractivity contribution in [2.45, 2.75) is 104 Å². The third-order valence-electron chi connectivity index (χ3n) is 6.66. The predicted octanol–water partition coefficient (Wildman–Crippen LogP) is 9.14. The Labute approximate surface area is 213 Å². The van der Waals surface area contributed by atoms with E-state index < -0.39 is 0 Å². The smallest absolute Gasteiger partial charge is 0.159 e. The van der Waals surface area contributed by atoms with Crippen LogP contribution in [0.25, 0.3) is 11.4 Å². The minimum absolute atomic E-state index is 0.535. The maximum absolute atomic E-state index is 5.93. The fraction of sp³-hybridized carbons (Fsp3) is 0.500. The van der Waals surface area contributed by atoms with Gasteiger partial charge < -0.3 is 4.74 Å². The first-order valence-corrected chi connectivity index (χ1v) is 13.9. The summed E-state index contributed by atoms with van der Waals surface area (Å²) in [6.07, 6.45) is 20.5. The molecule has 0 radical (unpaired) electrons. The largest absolute Gasteiger partial charge is 0.486 e. The average Bonchev–Trinajstić information content (AvgIpc) is 2.91. The van der Waals surface area contributed by atoms with Crippen molar-refractivity contribution in [3.63, 3.8) is 0 Å². The second-order valence-electron chi connectivity index (χ2n) is 9.73. The molecule has 0 aliphatic rings. The van der Waals surface area contributed by atoms with Gasteiger partial charge in [-0.05, 0) is 42.4 Å². The number of aryl methyl sites for hydroxylation is 2. The van der Waals surface area contributed by atoms with Gasteiger partial charge in [0.1, 0.15) is 6.61 Å². The minimum atomic E-state index is 0.535. The normalized spacial score (nSPS) is 11.0. The molecule has 1 aromatic heterocycles. The van der Waals surface area contributed by atoms with Crippen LogP contribution in [0.4, 0.5) is 0 Å². The molecule has 3 nitrogen and oxygen atoms in total. The second kappa shape index (κ2) is 16.1. The molecule has 0 spiro atoms. The van der Waals surface area contributed by atoms with Gasteiger partial charge in [0.25, 0.3) is 0 Å². The van der Waals surface area contributed by atoms with E-state index in [1.807, 2.05) is 0 Å². The van der Waals surface area contributed by atoms with Crippen LogP contribution in [0.3, 0.4) is 0 Å². The van der Waals surface area contributed by atoms with Crippen molar-refractivity contribution in [2.24, 2.45) is 0 Å². The summed E-state index contributed by atoms with van der Waals surface area (Å²) in [6.45, 7) is 5.06. The maximum Gasteiger partial charge on any atom is 0.159 e. The van der Waals surface area contributed by atoms with Crippen LogP contribution < -0.4 is 4.74 Å². The van der Waals surface area contributed by atoms with Crippen molar-refractivity contribution in [3.8, 4) is 17.1 Å². The van der Waals surface area contributed by atoms with Gasteiger partial charge in [-0.15, -0.1) is 0 Å². The highest BCUT2D eigenvalue weighted by molar-refractivity contribution is 5.55. The standard InChI is InChI=1S/C32H44N2O/c1-3-5-7-9-11-13-14-27-16-18-29(19-17-27)26-35-31-24-33-32(34-25-31)30-22-20-28(21-23-30)15-12-10-8-6-4-2/h16-25H,3-15,26H2,1-2H3. The Morgan fingerprint density at radius 1 is 0.543 bits per heavy atom. The lowest BCUT2D eigenvalue weighted by molar-refractivity contribution is 0.303. The van der Waals surface area contributed by atoms with Gasteiger partial charge in [-0.1, -0.05) is 120 Å². The van der Waals surface area contributed by atoms with Crippen molar-refractivity contribution >= 4 is 0 Å². The van der Waals surface area contributed by atoms with Crippen molar-refractivity contribution < 1.29 is 4.74 Å². The predicted molar refractivity (Wildman–Crippen MR) is 148 cm³/mol. The first kappa shape index (κ1) is 26.9. The molecule has 3 aromatic rings. The second-order valence-corrected chi connectivity index (χ2v) is 9.73. The van der Waals surface area contributed by atoms with Crippen LogP contribution in [0.5, 0.6) is 5.75 Å². The van der Waals surface area contributed by atoms with Crippen LogP contribution in [0.2, 0.25) is 0 Å². The van der Waals surface area contributed by atoms with E-state index in [1.54, 1.807) is 12.4 Å². The van der Waals surface area contributed by atoms with Crippen LogP contribution in [0.1, 0.15) is 101 Å². The van der Waals surface area contributed by atoms with Gasteiger partial charge in [-0.25, -0.2) is 9.97 Å². The van der Waals surface area contributed by atoms with Crippen molar-refractivity contribution in [1.82, 2.24) is 9.97 Å². The fourth-order valence-electron chi connectivity index (χ4n) is 4.37. The highest BCUT2D eigenvalue weighted by atomic mass is 16.5. The van der Waals surface area contributed by atoms with E-state index in [-0.39, 0.29) is 0 Å². The molecule has 3 heteroatoms. The summed E-state index contributed by atoms with van der Waals surface area (Å²) in [5.74, 6) is 1.44. The summed E-state index contributed by atoms with van der Waals surface area (Å²) in [4.78, 5) is 9.05. The number of ether oxygens (including phenoxy) is 1. The minimum Gasteiger partial charge on any atom is -0.486 e. The van der Waals surface area contributed by atoms with Gasteiger partial charge in [0.15, 0.2) is 11.6 Å². The Balaban J connectivity index is 1.39. The number of rotatable bonds is 17. The molecule has 1 heterocycles. The van der Waals surface area contributed by atoms with Gasteiger partial charge >= 0.3 is 0 Å². The van der Waals surface area contributed by atoms with E-state index >= 15 is 0 Å². The number of aromatic nitrogens is 2. The molecule has 0 aliphatic heterocycles. The maximum atomic E-state index is 5.93. The average molecular weight is 473 g/mol. The molecule has 0 fully saturated rings. The summed E-state index contributed by atoms with van der Waals surface area (Å²) in [5, 5.41) is 0. The molecule has 0 aliphatic carbocycles. The van der Waals surface area contributed by atoms with Crippen LogP contribution in [-0.4, -0.2) is 9.97 Å². The van der Waals surface area contributed by atoms with Crippen molar-refractivity contribution in [3.05, 3.63) is 77.6 Å². The highest BCUT2D eigenvalue weighted by Gasteiger charge is 2.04. The summed E-state index contributed by atoms with van der Waals surface area (Å²) in [5.41, 5.74) is 5.03. The van der Waals surface area contributed by atoms with Gasteiger partial charge in [-0.3, -0.25) is 0 Å². The zero-order chi connectivity index (χ0) is 24.6. The van der Waals surface area contributed by atoms with Gasteiger partial charge in [-0.2, -0.15) is 0 Å². The van der Waals surface area contributed by atoms with Gasteiger partial charge in [0.05, 0.1) is 12.4 Å². The summed E-state index contributed by atoms with van der Waals surface area (Å²) in [7, 11) is 0. The Hall–Kier alpha value is -2.68. The van der Waals surface area contributed by atoms with Gasteiger partial charge in [0.2, 0.25) is 0 Å². The number of benzene rings is 2. The molecule has 0 unspecified atom stereocenters. The molecule has 0 saturated heterocycles. The molecule has 0 N–H and O–H groups in total. The summed E-state index contributed by atoms with van der Waals surface area (Å²) < 4.78 is 5.93.